The summed E-state index contributed by atoms with van der Waals surface area (Å²) < 4.78 is 23.9. The first-order valence-electron chi connectivity index (χ1n) is 16.0. The van der Waals surface area contributed by atoms with Crippen LogP contribution in [0.1, 0.15) is 116 Å². The summed E-state index contributed by atoms with van der Waals surface area (Å²) in [5, 5.41) is 0.687. The lowest BCUT2D eigenvalue weighted by Crippen LogP contribution is -2.44. The van der Waals surface area contributed by atoms with Gasteiger partial charge in [-0.15, -0.1) is 0 Å². The van der Waals surface area contributed by atoms with E-state index in [1.54, 1.807) is 0 Å². The molecule has 4 nitrogen and oxygen atoms in total. The average molecular weight is 619 g/mol. The Labute approximate surface area is 264 Å². The molecule has 43 heavy (non-hydrogen) atoms. The first-order valence-corrected chi connectivity index (χ1v) is 16.4. The fourth-order valence-electron chi connectivity index (χ4n) is 5.45. The summed E-state index contributed by atoms with van der Waals surface area (Å²) in [5.74, 6) is -0.137. The summed E-state index contributed by atoms with van der Waals surface area (Å²) in [5.41, 5.74) is 2.81. The van der Waals surface area contributed by atoms with Crippen LogP contribution < -0.4 is 0 Å². The molecule has 7 heteroatoms. The van der Waals surface area contributed by atoms with Crippen LogP contribution in [0.4, 0.5) is 8.78 Å². The zero-order valence-electron chi connectivity index (χ0n) is 27.4. The van der Waals surface area contributed by atoms with Gasteiger partial charge >= 0.3 is 0 Å². The van der Waals surface area contributed by atoms with Gasteiger partial charge in [0.2, 0.25) is 11.8 Å². The van der Waals surface area contributed by atoms with Gasteiger partial charge in [0, 0.05) is 43.2 Å². The summed E-state index contributed by atoms with van der Waals surface area (Å²) in [7, 11) is 0. The van der Waals surface area contributed by atoms with E-state index in [0.29, 0.717) is 22.3 Å². The molecule has 0 radical (unpaired) electrons. The van der Waals surface area contributed by atoms with Gasteiger partial charge in [0.25, 0.3) is 0 Å². The Hall–Kier alpha value is -2.47. The number of nitrogens with zero attached hydrogens (tertiary/aromatic N) is 2. The van der Waals surface area contributed by atoms with Gasteiger partial charge in [0.05, 0.1) is 5.92 Å². The zero-order chi connectivity index (χ0) is 32.2. The molecule has 2 fully saturated rings. The summed E-state index contributed by atoms with van der Waals surface area (Å²) in [6.07, 6.45) is 7.11. The van der Waals surface area contributed by atoms with Crippen molar-refractivity contribution in [3.05, 3.63) is 70.2 Å². The molecule has 2 aromatic rings. The van der Waals surface area contributed by atoms with Gasteiger partial charge < -0.3 is 9.80 Å². The number of benzene rings is 2. The molecule has 4 rings (SSSR count). The highest BCUT2D eigenvalue weighted by molar-refractivity contribution is 6.30. The molecule has 2 aliphatic rings. The highest BCUT2D eigenvalue weighted by Gasteiger charge is 2.32. The SMILES string of the molecule is CC(C)(C)C.CCCC(CCC)C(=O)N1CCC(c2ccc(Cl)cc2C(C)C(=O)N2CCC2)CC1.Fc1cccc(F)c1. The Morgan fingerprint density at radius 3 is 1.79 bits per heavy atom. The van der Waals surface area contributed by atoms with E-state index < -0.39 is 11.6 Å². The van der Waals surface area contributed by atoms with Crippen molar-refractivity contribution in [2.45, 2.75) is 105 Å². The van der Waals surface area contributed by atoms with E-state index in [9.17, 15) is 18.4 Å². The Bertz CT molecular complexity index is 1120. The third-order valence-corrected chi connectivity index (χ3v) is 7.95. The van der Waals surface area contributed by atoms with Gasteiger partial charge in [0.15, 0.2) is 0 Å². The lowest BCUT2D eigenvalue weighted by molar-refractivity contribution is -0.137. The van der Waals surface area contributed by atoms with E-state index in [1.165, 1.54) is 23.8 Å². The minimum absolute atomic E-state index is 0.169. The first kappa shape index (κ1) is 36.7. The molecule has 0 N–H and O–H groups in total. The number of piperidine rings is 1. The molecular weight excluding hydrogens is 566 g/mol. The highest BCUT2D eigenvalue weighted by atomic mass is 35.5. The molecule has 2 amide bonds. The monoisotopic (exact) mass is 618 g/mol. The van der Waals surface area contributed by atoms with Crippen LogP contribution in [0, 0.1) is 23.0 Å². The number of rotatable bonds is 8. The number of halogens is 3. The molecule has 1 unspecified atom stereocenters. The quantitative estimate of drug-likeness (QED) is 0.295. The van der Waals surface area contributed by atoms with Crippen molar-refractivity contribution in [2.75, 3.05) is 26.2 Å². The Balaban J connectivity index is 0.000000410. The highest BCUT2D eigenvalue weighted by Crippen LogP contribution is 2.36. The van der Waals surface area contributed by atoms with Crippen molar-refractivity contribution in [1.82, 2.24) is 9.80 Å². The number of likely N-dealkylation sites (tertiary alicyclic amines) is 2. The molecule has 0 aliphatic carbocycles. The molecule has 1 atom stereocenters. The topological polar surface area (TPSA) is 40.6 Å². The van der Waals surface area contributed by atoms with E-state index in [4.69, 9.17) is 11.6 Å². The lowest BCUT2D eigenvalue weighted by atomic mass is 9.82. The van der Waals surface area contributed by atoms with Crippen LogP contribution in [-0.4, -0.2) is 47.8 Å². The van der Waals surface area contributed by atoms with Gasteiger partial charge in [-0.3, -0.25) is 9.59 Å². The molecule has 0 spiro atoms. The molecule has 0 bridgehead atoms. The standard InChI is InChI=1S/C25H37ClN2O2.C6H4F2.C5H12/c1-4-7-20(8-5-2)25(30)28-15-11-19(12-16-28)22-10-9-21(26)17-23(22)18(3)24(29)27-13-6-14-27;7-5-2-1-3-6(8)4-5;1-5(2,3)4/h9-10,17-20H,4-8,11-16H2,1-3H3;1-4H;1-4H3. The van der Waals surface area contributed by atoms with Gasteiger partial charge in [-0.05, 0) is 85.8 Å². The minimum Gasteiger partial charge on any atom is -0.342 e. The number of carbonyl (C=O) groups is 2. The molecule has 240 valence electrons. The maximum atomic E-state index is 13.0. The van der Waals surface area contributed by atoms with Crippen LogP contribution in [0.5, 0.6) is 0 Å². The predicted molar refractivity (Wildman–Crippen MR) is 174 cm³/mol. The second kappa shape index (κ2) is 17.7. The fraction of sp³-hybridized carbons (Fsp3) is 0.611. The molecule has 2 saturated heterocycles. The summed E-state index contributed by atoms with van der Waals surface area (Å²) in [4.78, 5) is 29.9. The maximum Gasteiger partial charge on any atom is 0.229 e. The minimum atomic E-state index is -0.537. The van der Waals surface area contributed by atoms with Crippen molar-refractivity contribution in [1.29, 1.82) is 0 Å². The average Bonchev–Trinajstić information content (AvgIpc) is 2.90. The Morgan fingerprint density at radius 1 is 0.860 bits per heavy atom. The molecule has 2 heterocycles. The van der Waals surface area contributed by atoms with E-state index in [0.717, 1.165) is 82.8 Å². The van der Waals surface area contributed by atoms with Crippen molar-refractivity contribution in [2.24, 2.45) is 11.3 Å². The maximum absolute atomic E-state index is 13.0. The van der Waals surface area contributed by atoms with Crippen LogP contribution in [0.3, 0.4) is 0 Å². The second-order valence-corrected chi connectivity index (χ2v) is 13.9. The van der Waals surface area contributed by atoms with Crippen molar-refractivity contribution in [3.63, 3.8) is 0 Å². The molecule has 0 aromatic heterocycles. The third-order valence-electron chi connectivity index (χ3n) is 7.71. The van der Waals surface area contributed by atoms with Gasteiger partial charge in [0.1, 0.15) is 11.6 Å². The Kier molecular flexibility index (Phi) is 15.1. The van der Waals surface area contributed by atoms with Crippen LogP contribution in [0.2, 0.25) is 5.02 Å². The van der Waals surface area contributed by atoms with Crippen LogP contribution in [0.15, 0.2) is 42.5 Å². The van der Waals surface area contributed by atoms with E-state index in [1.807, 2.05) is 24.0 Å². The van der Waals surface area contributed by atoms with Crippen LogP contribution in [-0.2, 0) is 9.59 Å². The molecular formula is C36H53ClF2N2O2. The summed E-state index contributed by atoms with van der Waals surface area (Å²) >= 11 is 6.31. The molecule has 2 aromatic carbocycles. The van der Waals surface area contributed by atoms with Gasteiger partial charge in [-0.25, -0.2) is 8.78 Å². The lowest BCUT2D eigenvalue weighted by Gasteiger charge is -2.37. The number of hydrogen-bond donors (Lipinski definition) is 0. The smallest absolute Gasteiger partial charge is 0.229 e. The molecule has 0 saturated carbocycles. The normalized spacial score (nSPS) is 16.0. The van der Waals surface area contributed by atoms with Crippen molar-refractivity contribution < 1.29 is 18.4 Å². The predicted octanol–water partition coefficient (Wildman–Crippen LogP) is 9.62. The summed E-state index contributed by atoms with van der Waals surface area (Å²) in [6.45, 7) is 18.4. The van der Waals surface area contributed by atoms with Crippen LogP contribution >= 0.6 is 11.6 Å². The largest absolute Gasteiger partial charge is 0.342 e. The number of amides is 2. The van der Waals surface area contributed by atoms with E-state index in [2.05, 4.69) is 52.5 Å². The van der Waals surface area contributed by atoms with Crippen molar-refractivity contribution >= 4 is 23.4 Å². The third kappa shape index (κ3) is 12.6. The fourth-order valence-corrected chi connectivity index (χ4v) is 5.63. The van der Waals surface area contributed by atoms with Crippen LogP contribution in [0.25, 0.3) is 0 Å². The second-order valence-electron chi connectivity index (χ2n) is 13.5. The first-order chi connectivity index (χ1) is 20.2. The van der Waals surface area contributed by atoms with Crippen molar-refractivity contribution in [3.8, 4) is 0 Å². The summed E-state index contributed by atoms with van der Waals surface area (Å²) in [6, 6.07) is 10.6. The van der Waals surface area contributed by atoms with Gasteiger partial charge in [-0.1, -0.05) is 78.1 Å². The van der Waals surface area contributed by atoms with E-state index in [-0.39, 0.29) is 17.7 Å². The molecule has 2 aliphatic heterocycles. The zero-order valence-corrected chi connectivity index (χ0v) is 28.2. The number of hydrogen-bond acceptors (Lipinski definition) is 2. The Morgan fingerprint density at radius 2 is 1.37 bits per heavy atom. The van der Waals surface area contributed by atoms with Gasteiger partial charge in [-0.2, -0.15) is 0 Å². The van der Waals surface area contributed by atoms with E-state index >= 15 is 0 Å². The number of carbonyl (C=O) groups excluding carboxylic acids is 2.